The smallest absolute Gasteiger partial charge is 0.258 e. The van der Waals surface area contributed by atoms with E-state index in [1.165, 1.54) is 10.5 Å². The van der Waals surface area contributed by atoms with Gasteiger partial charge in [0.1, 0.15) is 18.0 Å². The highest BCUT2D eigenvalue weighted by Crippen LogP contribution is 2.14. The van der Waals surface area contributed by atoms with Crippen molar-refractivity contribution in [3.63, 3.8) is 0 Å². The first-order chi connectivity index (χ1) is 10.3. The summed E-state index contributed by atoms with van der Waals surface area (Å²) < 4.78 is 7.17. The Labute approximate surface area is 121 Å². The Balaban J connectivity index is 1.83. The van der Waals surface area contributed by atoms with E-state index in [0.29, 0.717) is 23.6 Å². The molecule has 5 nitrogen and oxygen atoms in total. The van der Waals surface area contributed by atoms with Crippen LogP contribution in [0.3, 0.4) is 0 Å². The van der Waals surface area contributed by atoms with Gasteiger partial charge in [-0.25, -0.2) is 4.98 Å². The third-order valence-electron chi connectivity index (χ3n) is 3.14. The zero-order chi connectivity index (χ0) is 14.7. The normalized spacial score (nSPS) is 10.7. The van der Waals surface area contributed by atoms with Crippen molar-refractivity contribution in [1.82, 2.24) is 9.38 Å². The van der Waals surface area contributed by atoms with Crippen LogP contribution in [0.4, 0.5) is 0 Å². The summed E-state index contributed by atoms with van der Waals surface area (Å²) in [5, 5.41) is 0. The van der Waals surface area contributed by atoms with E-state index in [1.807, 2.05) is 30.3 Å². The van der Waals surface area contributed by atoms with Crippen LogP contribution in [-0.4, -0.2) is 9.38 Å². The molecule has 0 amide bonds. The van der Waals surface area contributed by atoms with E-state index in [-0.39, 0.29) is 12.2 Å². The lowest BCUT2D eigenvalue weighted by molar-refractivity contribution is 0.301. The van der Waals surface area contributed by atoms with Crippen LogP contribution < -0.4 is 16.0 Å². The SMILES string of the molecule is NCc1cccc(OCc2cc(=O)n3ccccc3n2)c1. The number of benzene rings is 1. The highest BCUT2D eigenvalue weighted by Gasteiger charge is 2.03. The number of fused-ring (bicyclic) bond motifs is 1. The minimum absolute atomic E-state index is 0.116. The zero-order valence-corrected chi connectivity index (χ0v) is 11.4. The molecule has 5 heteroatoms. The first-order valence-corrected chi connectivity index (χ1v) is 6.65. The van der Waals surface area contributed by atoms with Crippen molar-refractivity contribution in [3.8, 4) is 5.75 Å². The van der Waals surface area contributed by atoms with Gasteiger partial charge in [0.15, 0.2) is 0 Å². The third kappa shape index (κ3) is 2.93. The summed E-state index contributed by atoms with van der Waals surface area (Å²) in [7, 11) is 0. The van der Waals surface area contributed by atoms with Crippen LogP contribution >= 0.6 is 0 Å². The second-order valence-electron chi connectivity index (χ2n) is 4.65. The van der Waals surface area contributed by atoms with Gasteiger partial charge in [-0.15, -0.1) is 0 Å². The summed E-state index contributed by atoms with van der Waals surface area (Å²) >= 11 is 0. The van der Waals surface area contributed by atoms with Crippen LogP contribution in [0.15, 0.2) is 59.5 Å². The van der Waals surface area contributed by atoms with E-state index in [9.17, 15) is 4.79 Å². The van der Waals surface area contributed by atoms with Crippen molar-refractivity contribution in [2.75, 3.05) is 0 Å². The van der Waals surface area contributed by atoms with Crippen LogP contribution in [0, 0.1) is 0 Å². The fourth-order valence-corrected chi connectivity index (χ4v) is 2.10. The lowest BCUT2D eigenvalue weighted by Crippen LogP contribution is -2.16. The lowest BCUT2D eigenvalue weighted by atomic mass is 10.2. The summed E-state index contributed by atoms with van der Waals surface area (Å²) in [6.45, 7) is 0.710. The number of aromatic nitrogens is 2. The van der Waals surface area contributed by atoms with Gasteiger partial charge < -0.3 is 10.5 Å². The standard InChI is InChI=1S/C16H15N3O2/c17-10-12-4-3-5-14(8-12)21-11-13-9-16(20)19-7-2-1-6-15(19)18-13/h1-9H,10-11,17H2. The molecule has 2 N–H and O–H groups in total. The van der Waals surface area contributed by atoms with Gasteiger partial charge in [0.2, 0.25) is 0 Å². The van der Waals surface area contributed by atoms with Crippen molar-refractivity contribution in [1.29, 1.82) is 0 Å². The van der Waals surface area contributed by atoms with Crippen molar-refractivity contribution in [2.24, 2.45) is 5.73 Å². The van der Waals surface area contributed by atoms with E-state index in [0.717, 1.165) is 5.56 Å². The molecular formula is C16H15N3O2. The largest absolute Gasteiger partial charge is 0.487 e. The van der Waals surface area contributed by atoms with Crippen LogP contribution in [-0.2, 0) is 13.2 Å². The molecule has 0 saturated heterocycles. The lowest BCUT2D eigenvalue weighted by Gasteiger charge is -2.08. The maximum Gasteiger partial charge on any atom is 0.258 e. The Bertz CT molecular complexity index is 827. The van der Waals surface area contributed by atoms with Gasteiger partial charge in [0.25, 0.3) is 5.56 Å². The molecule has 2 aromatic heterocycles. The van der Waals surface area contributed by atoms with Gasteiger partial charge in [-0.2, -0.15) is 0 Å². The summed E-state index contributed by atoms with van der Waals surface area (Å²) in [4.78, 5) is 16.4. The first kappa shape index (κ1) is 13.3. The summed E-state index contributed by atoms with van der Waals surface area (Å²) in [6, 6.07) is 14.5. The van der Waals surface area contributed by atoms with Gasteiger partial charge >= 0.3 is 0 Å². The van der Waals surface area contributed by atoms with Crippen molar-refractivity contribution in [2.45, 2.75) is 13.2 Å². The molecular weight excluding hydrogens is 266 g/mol. The van der Waals surface area contributed by atoms with Crippen LogP contribution in [0.1, 0.15) is 11.3 Å². The molecule has 3 aromatic rings. The monoisotopic (exact) mass is 281 g/mol. The molecule has 0 aliphatic heterocycles. The van der Waals surface area contributed by atoms with Gasteiger partial charge in [-0.1, -0.05) is 18.2 Å². The second kappa shape index (κ2) is 5.76. The predicted molar refractivity (Wildman–Crippen MR) is 80.1 cm³/mol. The summed E-state index contributed by atoms with van der Waals surface area (Å²) in [5.74, 6) is 0.716. The topological polar surface area (TPSA) is 69.6 Å². The second-order valence-corrected chi connectivity index (χ2v) is 4.65. The molecule has 2 heterocycles. The molecule has 3 rings (SSSR count). The minimum atomic E-state index is -0.116. The van der Waals surface area contributed by atoms with Gasteiger partial charge in [-0.3, -0.25) is 9.20 Å². The highest BCUT2D eigenvalue weighted by molar-refractivity contribution is 5.38. The molecule has 1 aromatic carbocycles. The molecule has 0 aliphatic rings. The van der Waals surface area contributed by atoms with Crippen LogP contribution in [0.5, 0.6) is 5.75 Å². The summed E-state index contributed by atoms with van der Waals surface area (Å²) in [6.07, 6.45) is 1.69. The summed E-state index contributed by atoms with van der Waals surface area (Å²) in [5.41, 5.74) is 7.69. The fraction of sp³-hybridized carbons (Fsp3) is 0.125. The number of nitrogens with zero attached hydrogens (tertiary/aromatic N) is 2. The Hall–Kier alpha value is -2.66. The minimum Gasteiger partial charge on any atom is -0.487 e. The molecule has 0 unspecified atom stereocenters. The number of hydrogen-bond donors (Lipinski definition) is 1. The fourth-order valence-electron chi connectivity index (χ4n) is 2.10. The van der Waals surface area contributed by atoms with Crippen LogP contribution in [0.2, 0.25) is 0 Å². The van der Waals surface area contributed by atoms with Gasteiger partial charge in [0.05, 0.1) is 5.69 Å². The molecule has 0 spiro atoms. The Morgan fingerprint density at radius 1 is 1.14 bits per heavy atom. The Morgan fingerprint density at radius 3 is 2.90 bits per heavy atom. The van der Waals surface area contributed by atoms with E-state index in [4.69, 9.17) is 10.5 Å². The molecule has 21 heavy (non-hydrogen) atoms. The molecule has 0 radical (unpaired) electrons. The predicted octanol–water partition coefficient (Wildman–Crippen LogP) is 1.73. The first-order valence-electron chi connectivity index (χ1n) is 6.65. The van der Waals surface area contributed by atoms with Gasteiger partial charge in [0, 0.05) is 18.8 Å². The number of rotatable bonds is 4. The molecule has 0 atom stereocenters. The maximum atomic E-state index is 12.0. The quantitative estimate of drug-likeness (QED) is 0.790. The van der Waals surface area contributed by atoms with Gasteiger partial charge in [-0.05, 0) is 29.8 Å². The zero-order valence-electron chi connectivity index (χ0n) is 11.4. The van der Waals surface area contributed by atoms with Crippen molar-refractivity contribution in [3.05, 3.63) is 76.3 Å². The third-order valence-corrected chi connectivity index (χ3v) is 3.14. The number of nitrogens with two attached hydrogens (primary N) is 1. The Kier molecular flexibility index (Phi) is 3.66. The maximum absolute atomic E-state index is 12.0. The molecule has 0 saturated carbocycles. The molecule has 0 aliphatic carbocycles. The van der Waals surface area contributed by atoms with Crippen LogP contribution in [0.25, 0.3) is 5.65 Å². The van der Waals surface area contributed by atoms with E-state index < -0.39 is 0 Å². The molecule has 0 bridgehead atoms. The Morgan fingerprint density at radius 2 is 2.05 bits per heavy atom. The average molecular weight is 281 g/mol. The molecule has 0 fully saturated rings. The number of hydrogen-bond acceptors (Lipinski definition) is 4. The van der Waals surface area contributed by atoms with E-state index in [1.54, 1.807) is 18.3 Å². The number of ether oxygens (including phenoxy) is 1. The highest BCUT2D eigenvalue weighted by atomic mass is 16.5. The number of pyridine rings is 1. The average Bonchev–Trinajstić information content (AvgIpc) is 2.53. The molecule has 106 valence electrons. The van der Waals surface area contributed by atoms with E-state index in [2.05, 4.69) is 4.98 Å². The van der Waals surface area contributed by atoms with Crippen molar-refractivity contribution >= 4 is 5.65 Å². The van der Waals surface area contributed by atoms with Crippen molar-refractivity contribution < 1.29 is 4.74 Å². The van der Waals surface area contributed by atoms with E-state index >= 15 is 0 Å².